The van der Waals surface area contributed by atoms with Crippen LogP contribution in [0.4, 0.5) is 0 Å². The summed E-state index contributed by atoms with van der Waals surface area (Å²) in [6.07, 6.45) is 0.195. The first-order chi connectivity index (χ1) is 19.8. The van der Waals surface area contributed by atoms with E-state index in [0.29, 0.717) is 5.71 Å². The molecule has 0 aliphatic rings. The summed E-state index contributed by atoms with van der Waals surface area (Å²) in [5.74, 6) is -0.239. The number of amides is 2. The molecule has 0 heterocycles. The van der Waals surface area contributed by atoms with Gasteiger partial charge in [0.2, 0.25) is 11.8 Å². The zero-order valence-corrected chi connectivity index (χ0v) is 27.3. The molecule has 0 aliphatic heterocycles. The zero-order chi connectivity index (χ0) is 31.4. The second kappa shape index (κ2) is 16.6. The Morgan fingerprint density at radius 1 is 0.667 bits per heavy atom. The van der Waals surface area contributed by atoms with Gasteiger partial charge in [-0.05, 0) is 68.2 Å². The molecule has 8 nitrogen and oxygen atoms in total. The lowest BCUT2D eigenvalue weighted by Gasteiger charge is -2.32. The Morgan fingerprint density at radius 2 is 1.02 bits per heavy atom. The summed E-state index contributed by atoms with van der Waals surface area (Å²) in [4.78, 5) is 34.2. The molecule has 9 heteroatoms. The molecule has 0 fully saturated rings. The first-order valence-corrected chi connectivity index (χ1v) is 16.4. The number of carbonyl (C=O) groups is 2. The molecule has 0 saturated heterocycles. The van der Waals surface area contributed by atoms with Gasteiger partial charge in [0.25, 0.3) is 10.1 Å². The number of hydrogen-bond acceptors (Lipinski definition) is 6. The molecule has 0 unspecified atom stereocenters. The molecule has 0 atom stereocenters. The number of carbonyl (C=O) groups excluding carboxylic acids is 2. The van der Waals surface area contributed by atoms with E-state index in [4.69, 9.17) is 4.18 Å². The molecule has 42 heavy (non-hydrogen) atoms. The average Bonchev–Trinajstić information content (AvgIpc) is 2.91. The van der Waals surface area contributed by atoms with Crippen molar-refractivity contribution in [2.24, 2.45) is 4.99 Å². The number of nitrogens with zero attached hydrogens (tertiary/aromatic N) is 3. The molecule has 0 aliphatic carbocycles. The SMILES string of the molecule is CC(C)N(C(=O)CCC(CCC(=O)N(C(C)C)C(C)C)S(=O)(=O)OCN=C(c1ccccc1)c1ccccc1)C(C)C. The molecule has 232 valence electrons. The Labute approximate surface area is 253 Å². The molecule has 0 N–H and O–H groups in total. The maximum Gasteiger partial charge on any atom is 0.272 e. The fraction of sp³-hybridized carbons (Fsp3) is 0.545. The van der Waals surface area contributed by atoms with Crippen molar-refractivity contribution in [3.05, 3.63) is 71.8 Å². The van der Waals surface area contributed by atoms with Crippen molar-refractivity contribution in [3.63, 3.8) is 0 Å². The van der Waals surface area contributed by atoms with Crippen molar-refractivity contribution in [2.75, 3.05) is 6.73 Å². The van der Waals surface area contributed by atoms with Crippen LogP contribution < -0.4 is 0 Å². The van der Waals surface area contributed by atoms with Crippen molar-refractivity contribution < 1.29 is 22.2 Å². The largest absolute Gasteiger partial charge is 0.338 e. The van der Waals surface area contributed by atoms with E-state index in [1.807, 2.05) is 116 Å². The molecule has 2 amide bonds. The normalized spacial score (nSPS) is 11.9. The summed E-state index contributed by atoms with van der Waals surface area (Å²) in [5.41, 5.74) is 2.28. The third-order valence-electron chi connectivity index (χ3n) is 7.10. The van der Waals surface area contributed by atoms with E-state index < -0.39 is 22.1 Å². The Morgan fingerprint density at radius 3 is 1.36 bits per heavy atom. The zero-order valence-electron chi connectivity index (χ0n) is 26.5. The van der Waals surface area contributed by atoms with Crippen LogP contribution in [0, 0.1) is 0 Å². The van der Waals surface area contributed by atoms with Crippen LogP contribution in [0.2, 0.25) is 0 Å². The van der Waals surface area contributed by atoms with Gasteiger partial charge in [0.05, 0.1) is 11.0 Å². The van der Waals surface area contributed by atoms with Gasteiger partial charge in [-0.1, -0.05) is 60.7 Å². The molecule has 0 radical (unpaired) electrons. The van der Waals surface area contributed by atoms with E-state index in [1.54, 1.807) is 9.80 Å². The molecule has 0 bridgehead atoms. The van der Waals surface area contributed by atoms with E-state index in [-0.39, 0.29) is 61.7 Å². The summed E-state index contributed by atoms with van der Waals surface area (Å²) >= 11 is 0. The molecule has 2 aromatic carbocycles. The van der Waals surface area contributed by atoms with Crippen LogP contribution in [0.15, 0.2) is 65.7 Å². The minimum atomic E-state index is -4.15. The van der Waals surface area contributed by atoms with Crippen LogP contribution in [0.3, 0.4) is 0 Å². The van der Waals surface area contributed by atoms with Crippen molar-refractivity contribution in [2.45, 2.75) is 110 Å². The Hall–Kier alpha value is -3.04. The van der Waals surface area contributed by atoms with E-state index in [9.17, 15) is 18.0 Å². The second-order valence-electron chi connectivity index (χ2n) is 11.7. The van der Waals surface area contributed by atoms with Crippen LogP contribution in [-0.4, -0.2) is 71.9 Å². The van der Waals surface area contributed by atoms with E-state index in [2.05, 4.69) is 4.99 Å². The number of aliphatic imine (C=N–C) groups is 1. The Bertz CT molecular complexity index is 1170. The van der Waals surface area contributed by atoms with E-state index in [0.717, 1.165) is 11.1 Å². The highest BCUT2D eigenvalue weighted by Gasteiger charge is 2.31. The topological polar surface area (TPSA) is 96.4 Å². The molecular formula is C33H49N3O5S. The third-order valence-corrected chi connectivity index (χ3v) is 8.83. The van der Waals surface area contributed by atoms with Gasteiger partial charge >= 0.3 is 0 Å². The van der Waals surface area contributed by atoms with Crippen LogP contribution in [0.1, 0.15) is 92.2 Å². The third kappa shape index (κ3) is 10.3. The maximum absolute atomic E-state index is 13.5. The lowest BCUT2D eigenvalue weighted by molar-refractivity contribution is -0.135. The number of benzene rings is 2. The lowest BCUT2D eigenvalue weighted by atomic mass is 10.0. The monoisotopic (exact) mass is 599 g/mol. The smallest absolute Gasteiger partial charge is 0.272 e. The standard InChI is InChI=1S/C33H49N3O5S/c1-24(2)35(25(3)4)31(37)21-19-30(20-22-32(38)36(26(5)6)27(7)8)42(39,40)41-23-34-33(28-15-11-9-12-16-28)29-17-13-10-14-18-29/h9-18,24-27,30H,19-23H2,1-8H3. The summed E-state index contributed by atoms with van der Waals surface area (Å²) in [6, 6.07) is 19.0. The highest BCUT2D eigenvalue weighted by molar-refractivity contribution is 7.87. The molecule has 2 aromatic rings. The van der Waals surface area contributed by atoms with Crippen molar-refractivity contribution in [1.29, 1.82) is 0 Å². The van der Waals surface area contributed by atoms with E-state index in [1.165, 1.54) is 0 Å². The van der Waals surface area contributed by atoms with Gasteiger partial charge in [0.15, 0.2) is 6.73 Å². The first kappa shape index (κ1) is 35.2. The molecule has 0 spiro atoms. The molecule has 0 aromatic heterocycles. The molecule has 0 saturated carbocycles. The summed E-state index contributed by atoms with van der Waals surface area (Å²) in [6.45, 7) is 15.1. The predicted molar refractivity (Wildman–Crippen MR) is 170 cm³/mol. The van der Waals surface area contributed by atoms with Gasteiger partial charge in [-0.15, -0.1) is 0 Å². The van der Waals surface area contributed by atoms with Crippen molar-refractivity contribution in [1.82, 2.24) is 9.80 Å². The minimum Gasteiger partial charge on any atom is -0.338 e. The highest BCUT2D eigenvalue weighted by atomic mass is 32.2. The van der Waals surface area contributed by atoms with Gasteiger partial charge in [-0.3, -0.25) is 14.6 Å². The van der Waals surface area contributed by atoms with Gasteiger partial charge in [-0.2, -0.15) is 8.42 Å². The quantitative estimate of drug-likeness (QED) is 0.173. The summed E-state index contributed by atoms with van der Waals surface area (Å²) in [7, 11) is -4.15. The minimum absolute atomic E-state index is 0.0141. The first-order valence-electron chi connectivity index (χ1n) is 14.9. The van der Waals surface area contributed by atoms with Crippen LogP contribution in [0.25, 0.3) is 0 Å². The van der Waals surface area contributed by atoms with Gasteiger partial charge in [-0.25, -0.2) is 4.18 Å². The van der Waals surface area contributed by atoms with E-state index >= 15 is 0 Å². The van der Waals surface area contributed by atoms with Crippen molar-refractivity contribution in [3.8, 4) is 0 Å². The highest BCUT2D eigenvalue weighted by Crippen LogP contribution is 2.21. The fourth-order valence-electron chi connectivity index (χ4n) is 5.41. The Kier molecular flexibility index (Phi) is 13.9. The predicted octanol–water partition coefficient (Wildman–Crippen LogP) is 6.05. The molecular weight excluding hydrogens is 550 g/mol. The lowest BCUT2D eigenvalue weighted by Crippen LogP contribution is -2.43. The maximum atomic E-state index is 13.5. The van der Waals surface area contributed by atoms with Gasteiger partial charge < -0.3 is 9.80 Å². The van der Waals surface area contributed by atoms with Crippen molar-refractivity contribution >= 4 is 27.6 Å². The number of hydrogen-bond donors (Lipinski definition) is 0. The Balaban J connectivity index is 2.29. The second-order valence-corrected chi connectivity index (χ2v) is 13.5. The fourth-order valence-corrected chi connectivity index (χ4v) is 6.61. The average molecular weight is 600 g/mol. The number of rotatable bonds is 16. The summed E-state index contributed by atoms with van der Waals surface area (Å²) in [5, 5.41) is -1.03. The van der Waals surface area contributed by atoms with Crippen LogP contribution >= 0.6 is 0 Å². The van der Waals surface area contributed by atoms with Crippen LogP contribution in [0.5, 0.6) is 0 Å². The van der Waals surface area contributed by atoms with Gasteiger partial charge in [0, 0.05) is 48.1 Å². The summed E-state index contributed by atoms with van der Waals surface area (Å²) < 4.78 is 32.6. The van der Waals surface area contributed by atoms with Crippen LogP contribution in [-0.2, 0) is 23.9 Å². The molecule has 2 rings (SSSR count). The van der Waals surface area contributed by atoms with Gasteiger partial charge in [0.1, 0.15) is 0 Å².